The molecule has 0 amide bonds. The molecule has 0 atom stereocenters. The lowest BCUT2D eigenvalue weighted by Gasteiger charge is -2.43. The summed E-state index contributed by atoms with van der Waals surface area (Å²) in [4.78, 5) is 25.9. The first kappa shape index (κ1) is 17.8. The molecule has 0 N–H and O–H groups in total. The van der Waals surface area contributed by atoms with Gasteiger partial charge in [-0.1, -0.05) is 17.7 Å². The van der Waals surface area contributed by atoms with Crippen molar-refractivity contribution in [3.8, 4) is 5.69 Å². The quantitative estimate of drug-likeness (QED) is 0.767. The molecule has 2 aromatic rings. The third-order valence-electron chi connectivity index (χ3n) is 4.61. The number of aromatic nitrogens is 2. The maximum absolute atomic E-state index is 13.0. The molecule has 1 aromatic heterocycles. The van der Waals surface area contributed by atoms with Crippen LogP contribution in [0.5, 0.6) is 0 Å². The van der Waals surface area contributed by atoms with Crippen molar-refractivity contribution in [3.05, 3.63) is 46.7 Å². The summed E-state index contributed by atoms with van der Waals surface area (Å²) in [6.45, 7) is 8.74. The van der Waals surface area contributed by atoms with E-state index >= 15 is 0 Å². The molecule has 0 radical (unpaired) electrons. The highest BCUT2D eigenvalue weighted by molar-refractivity contribution is 6.30. The summed E-state index contributed by atoms with van der Waals surface area (Å²) >= 11 is 5.94. The lowest BCUT2D eigenvalue weighted by Crippen LogP contribution is -2.58. The molecule has 132 valence electrons. The first-order valence-electron chi connectivity index (χ1n) is 8.13. The Kier molecular flexibility index (Phi) is 4.12. The van der Waals surface area contributed by atoms with Crippen LogP contribution < -0.4 is 0 Å². The standard InChI is InChI=1S/C19H21ClN2O3/c1-11-6-7-13(22-10-12(20)9-21-22)8-14(11)15-16(23)18(2,3)25-19(4,5)17(15)24/h6-10,15H,1-5H3. The fraction of sp³-hybridized carbons (Fsp3) is 0.421. The summed E-state index contributed by atoms with van der Waals surface area (Å²) in [6, 6.07) is 5.60. The molecule has 1 aliphatic heterocycles. The molecule has 3 rings (SSSR count). The number of Topliss-reactive ketones (excluding diaryl/α,β-unsaturated/α-hetero) is 2. The predicted molar refractivity (Wildman–Crippen MR) is 95.3 cm³/mol. The minimum absolute atomic E-state index is 0.226. The SMILES string of the molecule is Cc1ccc(-n2cc(Cl)cn2)cc1C1C(=O)C(C)(C)OC(C)(C)C1=O. The van der Waals surface area contributed by atoms with E-state index < -0.39 is 17.1 Å². The molecule has 2 heterocycles. The van der Waals surface area contributed by atoms with Crippen molar-refractivity contribution in [2.45, 2.75) is 51.7 Å². The van der Waals surface area contributed by atoms with Crippen LogP contribution in [0.2, 0.25) is 5.02 Å². The number of aryl methyl sites for hydroxylation is 1. The molecule has 0 aliphatic carbocycles. The molecule has 5 nitrogen and oxygen atoms in total. The molecule has 25 heavy (non-hydrogen) atoms. The second-order valence-electron chi connectivity index (χ2n) is 7.43. The highest BCUT2D eigenvalue weighted by Crippen LogP contribution is 2.39. The van der Waals surface area contributed by atoms with Crippen molar-refractivity contribution in [3.63, 3.8) is 0 Å². The second-order valence-corrected chi connectivity index (χ2v) is 7.86. The number of ketones is 2. The van der Waals surface area contributed by atoms with Gasteiger partial charge in [0.15, 0.2) is 11.6 Å². The first-order valence-corrected chi connectivity index (χ1v) is 8.50. The number of hydrogen-bond acceptors (Lipinski definition) is 4. The van der Waals surface area contributed by atoms with Gasteiger partial charge in [0.25, 0.3) is 0 Å². The van der Waals surface area contributed by atoms with Gasteiger partial charge in [0.05, 0.1) is 16.9 Å². The van der Waals surface area contributed by atoms with Crippen LogP contribution in [0.4, 0.5) is 0 Å². The molecule has 0 spiro atoms. The average Bonchev–Trinajstić information content (AvgIpc) is 2.93. The summed E-state index contributed by atoms with van der Waals surface area (Å²) in [5.74, 6) is -1.31. The average molecular weight is 361 g/mol. The number of halogens is 1. The fourth-order valence-electron chi connectivity index (χ4n) is 3.36. The Hall–Kier alpha value is -1.98. The minimum atomic E-state index is -1.03. The van der Waals surface area contributed by atoms with Crippen LogP contribution in [0.1, 0.15) is 44.7 Å². The lowest BCUT2D eigenvalue weighted by molar-refractivity contribution is -0.184. The Morgan fingerprint density at radius 2 is 1.72 bits per heavy atom. The van der Waals surface area contributed by atoms with Gasteiger partial charge in [-0.2, -0.15) is 5.10 Å². The molecule has 1 aromatic carbocycles. The first-order chi connectivity index (χ1) is 11.5. The number of carbonyl (C=O) groups is 2. The van der Waals surface area contributed by atoms with Gasteiger partial charge in [-0.3, -0.25) is 9.59 Å². The molecule has 0 saturated carbocycles. The Morgan fingerprint density at radius 1 is 1.12 bits per heavy atom. The van der Waals surface area contributed by atoms with Crippen molar-refractivity contribution in [1.82, 2.24) is 9.78 Å². The fourth-order valence-corrected chi connectivity index (χ4v) is 3.49. The van der Waals surface area contributed by atoms with Gasteiger partial charge in [0.1, 0.15) is 17.1 Å². The topological polar surface area (TPSA) is 61.2 Å². The lowest BCUT2D eigenvalue weighted by atomic mass is 9.74. The zero-order valence-electron chi connectivity index (χ0n) is 15.0. The highest BCUT2D eigenvalue weighted by atomic mass is 35.5. The van der Waals surface area contributed by atoms with E-state index in [2.05, 4.69) is 5.10 Å². The zero-order valence-corrected chi connectivity index (χ0v) is 15.7. The molecule has 1 saturated heterocycles. The zero-order chi connectivity index (χ0) is 18.6. The maximum atomic E-state index is 13.0. The maximum Gasteiger partial charge on any atom is 0.179 e. The monoisotopic (exact) mass is 360 g/mol. The van der Waals surface area contributed by atoms with E-state index in [4.69, 9.17) is 16.3 Å². The van der Waals surface area contributed by atoms with Crippen LogP contribution in [0.3, 0.4) is 0 Å². The second kappa shape index (κ2) is 5.78. The molecule has 0 unspecified atom stereocenters. The number of nitrogens with zero attached hydrogens (tertiary/aromatic N) is 2. The molecular formula is C19H21ClN2O3. The van der Waals surface area contributed by atoms with Crippen LogP contribution >= 0.6 is 11.6 Å². The van der Waals surface area contributed by atoms with Crippen LogP contribution in [0, 0.1) is 6.92 Å². The number of carbonyl (C=O) groups excluding carboxylic acids is 2. The van der Waals surface area contributed by atoms with Gasteiger partial charge in [0, 0.05) is 6.20 Å². The van der Waals surface area contributed by atoms with Gasteiger partial charge in [0.2, 0.25) is 0 Å². The van der Waals surface area contributed by atoms with Crippen LogP contribution in [0.25, 0.3) is 5.69 Å². The van der Waals surface area contributed by atoms with Crippen LogP contribution in [-0.4, -0.2) is 32.5 Å². The number of benzene rings is 1. The molecule has 0 bridgehead atoms. The van der Waals surface area contributed by atoms with E-state index in [-0.39, 0.29) is 11.6 Å². The van der Waals surface area contributed by atoms with Crippen molar-refractivity contribution < 1.29 is 14.3 Å². The van der Waals surface area contributed by atoms with Gasteiger partial charge >= 0.3 is 0 Å². The largest absolute Gasteiger partial charge is 0.354 e. The Bertz CT molecular complexity index is 841. The van der Waals surface area contributed by atoms with Crippen molar-refractivity contribution in [2.75, 3.05) is 0 Å². The Balaban J connectivity index is 2.13. The van der Waals surface area contributed by atoms with E-state index in [1.54, 1.807) is 38.6 Å². The summed E-state index contributed by atoms with van der Waals surface area (Å²) in [6.07, 6.45) is 3.22. The number of ether oxygens (including phenoxy) is 1. The molecule has 6 heteroatoms. The van der Waals surface area contributed by atoms with Gasteiger partial charge in [-0.05, 0) is 57.9 Å². The van der Waals surface area contributed by atoms with E-state index in [1.165, 1.54) is 6.20 Å². The van der Waals surface area contributed by atoms with E-state index in [9.17, 15) is 9.59 Å². The van der Waals surface area contributed by atoms with E-state index in [0.717, 1.165) is 11.3 Å². The Labute approximate surface area is 151 Å². The van der Waals surface area contributed by atoms with Crippen molar-refractivity contribution >= 4 is 23.2 Å². The third kappa shape index (κ3) is 3.02. The van der Waals surface area contributed by atoms with Crippen LogP contribution in [-0.2, 0) is 14.3 Å². The van der Waals surface area contributed by atoms with E-state index in [0.29, 0.717) is 10.6 Å². The minimum Gasteiger partial charge on any atom is -0.354 e. The molecular weight excluding hydrogens is 340 g/mol. The van der Waals surface area contributed by atoms with Gasteiger partial charge < -0.3 is 4.74 Å². The number of hydrogen-bond donors (Lipinski definition) is 0. The molecule has 1 aliphatic rings. The summed E-state index contributed by atoms with van der Waals surface area (Å²) in [5, 5.41) is 4.70. The highest BCUT2D eigenvalue weighted by Gasteiger charge is 2.53. The van der Waals surface area contributed by atoms with Crippen molar-refractivity contribution in [1.29, 1.82) is 0 Å². The predicted octanol–water partition coefficient (Wildman–Crippen LogP) is 3.64. The van der Waals surface area contributed by atoms with Gasteiger partial charge in [-0.25, -0.2) is 4.68 Å². The third-order valence-corrected chi connectivity index (χ3v) is 4.81. The number of rotatable bonds is 2. The summed E-state index contributed by atoms with van der Waals surface area (Å²) in [7, 11) is 0. The smallest absolute Gasteiger partial charge is 0.179 e. The van der Waals surface area contributed by atoms with Crippen LogP contribution in [0.15, 0.2) is 30.6 Å². The molecule has 1 fully saturated rings. The van der Waals surface area contributed by atoms with Crippen molar-refractivity contribution in [2.24, 2.45) is 0 Å². The Morgan fingerprint density at radius 3 is 2.24 bits per heavy atom. The summed E-state index contributed by atoms with van der Waals surface area (Å²) < 4.78 is 7.38. The van der Waals surface area contributed by atoms with E-state index in [1.807, 2.05) is 25.1 Å². The normalized spacial score (nSPS) is 20.1. The van der Waals surface area contributed by atoms with Gasteiger partial charge in [-0.15, -0.1) is 0 Å². The summed E-state index contributed by atoms with van der Waals surface area (Å²) in [5.41, 5.74) is 0.250.